The summed E-state index contributed by atoms with van der Waals surface area (Å²) in [4.78, 5) is 15.6. The van der Waals surface area contributed by atoms with Gasteiger partial charge in [0, 0.05) is 11.7 Å². The number of hydrogen-bond donors (Lipinski definition) is 0. The number of thiophene rings is 1. The monoisotopic (exact) mass is 271 g/mol. The van der Waals surface area contributed by atoms with Crippen LogP contribution in [0.3, 0.4) is 0 Å². The Labute approximate surface area is 117 Å². The Balaban J connectivity index is 2.05. The predicted molar refractivity (Wildman–Crippen MR) is 80.1 cm³/mol. The number of para-hydroxylation sites is 1. The molecule has 19 heavy (non-hydrogen) atoms. The van der Waals surface area contributed by atoms with Crippen LogP contribution in [0.5, 0.6) is 0 Å². The molecule has 1 amide bonds. The predicted octanol–water partition coefficient (Wildman–Crippen LogP) is 4.04. The Hall–Kier alpha value is -1.61. The topological polar surface area (TPSA) is 20.3 Å². The smallest absolute Gasteiger partial charge is 0.268 e. The lowest BCUT2D eigenvalue weighted by Crippen LogP contribution is -2.42. The molecule has 1 aromatic carbocycles. The van der Waals surface area contributed by atoms with Crippen molar-refractivity contribution in [3.63, 3.8) is 0 Å². The van der Waals surface area contributed by atoms with Crippen molar-refractivity contribution >= 4 is 22.9 Å². The van der Waals surface area contributed by atoms with Gasteiger partial charge in [-0.15, -0.1) is 11.3 Å². The maximum absolute atomic E-state index is 12.8. The number of nitrogens with zero attached hydrogens (tertiary/aromatic N) is 1. The van der Waals surface area contributed by atoms with E-state index in [1.807, 2.05) is 35.4 Å². The van der Waals surface area contributed by atoms with Gasteiger partial charge in [0.15, 0.2) is 0 Å². The van der Waals surface area contributed by atoms with Gasteiger partial charge in [-0.1, -0.05) is 18.2 Å². The summed E-state index contributed by atoms with van der Waals surface area (Å²) >= 11 is 1.54. The molecular weight excluding hydrogens is 254 g/mol. The molecule has 1 aliphatic heterocycles. The van der Waals surface area contributed by atoms with Crippen LogP contribution in [0.2, 0.25) is 0 Å². The van der Waals surface area contributed by atoms with E-state index in [0.29, 0.717) is 0 Å². The number of rotatable bonds is 1. The molecule has 1 aromatic heterocycles. The quantitative estimate of drug-likeness (QED) is 0.766. The molecule has 3 rings (SSSR count). The number of amides is 1. The van der Waals surface area contributed by atoms with E-state index >= 15 is 0 Å². The molecule has 0 saturated heterocycles. The molecule has 1 atom stereocenters. The van der Waals surface area contributed by atoms with Gasteiger partial charge in [-0.2, -0.15) is 0 Å². The van der Waals surface area contributed by atoms with Crippen LogP contribution in [0.1, 0.15) is 34.1 Å². The Morgan fingerprint density at radius 2 is 2.11 bits per heavy atom. The highest BCUT2D eigenvalue weighted by Gasteiger charge is 2.29. The first kappa shape index (κ1) is 12.4. The van der Waals surface area contributed by atoms with Crippen molar-refractivity contribution in [1.82, 2.24) is 0 Å². The lowest BCUT2D eigenvalue weighted by atomic mass is 9.96. The summed E-state index contributed by atoms with van der Waals surface area (Å²) in [5, 5.41) is 1.99. The van der Waals surface area contributed by atoms with Gasteiger partial charge in [0.05, 0.1) is 4.88 Å². The van der Waals surface area contributed by atoms with Gasteiger partial charge in [-0.05, 0) is 55.3 Å². The van der Waals surface area contributed by atoms with Crippen LogP contribution in [0.4, 0.5) is 5.69 Å². The molecule has 2 nitrogen and oxygen atoms in total. The van der Waals surface area contributed by atoms with E-state index in [4.69, 9.17) is 0 Å². The number of carbonyl (C=O) groups excluding carboxylic acids is 1. The molecule has 0 spiro atoms. The largest absolute Gasteiger partial charge is 0.305 e. The Morgan fingerprint density at radius 1 is 1.32 bits per heavy atom. The molecule has 98 valence electrons. The summed E-state index contributed by atoms with van der Waals surface area (Å²) in [7, 11) is 0. The zero-order chi connectivity index (χ0) is 13.4. The normalized spacial score (nSPS) is 18.2. The van der Waals surface area contributed by atoms with Crippen LogP contribution >= 0.6 is 11.3 Å². The molecule has 0 N–H and O–H groups in total. The van der Waals surface area contributed by atoms with E-state index in [1.165, 1.54) is 16.9 Å². The summed E-state index contributed by atoms with van der Waals surface area (Å²) in [6, 6.07) is 10.5. The van der Waals surface area contributed by atoms with Crippen molar-refractivity contribution in [2.24, 2.45) is 0 Å². The molecule has 0 radical (unpaired) electrons. The maximum atomic E-state index is 12.8. The van der Waals surface area contributed by atoms with Crippen LogP contribution in [-0.4, -0.2) is 11.9 Å². The van der Waals surface area contributed by atoms with Crippen LogP contribution in [-0.2, 0) is 6.42 Å². The van der Waals surface area contributed by atoms with Gasteiger partial charge < -0.3 is 4.90 Å². The van der Waals surface area contributed by atoms with Crippen LogP contribution in [0, 0.1) is 6.92 Å². The Bertz CT molecular complexity index is 617. The standard InChI is InChI=1S/C16H17NOS/c1-11-9-10-19-15(11)16(18)17-12(2)7-8-13-5-3-4-6-14(13)17/h3-6,9-10,12H,7-8H2,1-2H3. The zero-order valence-electron chi connectivity index (χ0n) is 11.2. The van der Waals surface area contributed by atoms with Crippen molar-refractivity contribution in [1.29, 1.82) is 0 Å². The molecule has 3 heteroatoms. The highest BCUT2D eigenvalue weighted by molar-refractivity contribution is 7.12. The molecule has 0 aliphatic carbocycles. The molecule has 0 bridgehead atoms. The average Bonchev–Trinajstić information content (AvgIpc) is 2.84. The van der Waals surface area contributed by atoms with Gasteiger partial charge in [0.25, 0.3) is 5.91 Å². The van der Waals surface area contributed by atoms with Gasteiger partial charge in [0.2, 0.25) is 0 Å². The first-order valence-corrected chi connectivity index (χ1v) is 7.52. The maximum Gasteiger partial charge on any atom is 0.268 e. The minimum Gasteiger partial charge on any atom is -0.305 e. The fraction of sp³-hybridized carbons (Fsp3) is 0.312. The third kappa shape index (κ3) is 2.08. The summed E-state index contributed by atoms with van der Waals surface area (Å²) in [5.41, 5.74) is 3.44. The number of benzene rings is 1. The summed E-state index contributed by atoms with van der Waals surface area (Å²) < 4.78 is 0. The summed E-state index contributed by atoms with van der Waals surface area (Å²) in [6.07, 6.45) is 2.09. The molecule has 1 unspecified atom stereocenters. The highest BCUT2D eigenvalue weighted by Crippen LogP contribution is 2.33. The second kappa shape index (κ2) is 4.82. The van der Waals surface area contributed by atoms with E-state index < -0.39 is 0 Å². The van der Waals surface area contributed by atoms with E-state index in [2.05, 4.69) is 19.1 Å². The molecule has 1 aliphatic rings. The molecule has 0 fully saturated rings. The minimum atomic E-state index is 0.146. The highest BCUT2D eigenvalue weighted by atomic mass is 32.1. The molecule has 2 aromatic rings. The van der Waals surface area contributed by atoms with Crippen LogP contribution in [0.15, 0.2) is 35.7 Å². The first-order valence-electron chi connectivity index (χ1n) is 6.64. The average molecular weight is 271 g/mol. The number of anilines is 1. The lowest BCUT2D eigenvalue weighted by molar-refractivity contribution is 0.0978. The second-order valence-electron chi connectivity index (χ2n) is 5.12. The fourth-order valence-electron chi connectivity index (χ4n) is 2.70. The van der Waals surface area contributed by atoms with Crippen molar-refractivity contribution in [2.45, 2.75) is 32.7 Å². The SMILES string of the molecule is Cc1ccsc1C(=O)N1c2ccccc2CCC1C. The van der Waals surface area contributed by atoms with E-state index in [1.54, 1.807) is 0 Å². The number of aryl methyl sites for hydroxylation is 2. The number of hydrogen-bond acceptors (Lipinski definition) is 2. The van der Waals surface area contributed by atoms with Crippen LogP contribution in [0.25, 0.3) is 0 Å². The molecular formula is C16H17NOS. The zero-order valence-corrected chi connectivity index (χ0v) is 12.0. The summed E-state index contributed by atoms with van der Waals surface area (Å²) in [5.74, 6) is 0.146. The van der Waals surface area contributed by atoms with E-state index in [-0.39, 0.29) is 11.9 Å². The van der Waals surface area contributed by atoms with Gasteiger partial charge in [-0.3, -0.25) is 4.79 Å². The molecule has 0 saturated carbocycles. The van der Waals surface area contributed by atoms with Crippen molar-refractivity contribution in [2.75, 3.05) is 4.90 Å². The Morgan fingerprint density at radius 3 is 2.84 bits per heavy atom. The van der Waals surface area contributed by atoms with E-state index in [0.717, 1.165) is 29.0 Å². The Kier molecular flexibility index (Phi) is 3.15. The van der Waals surface area contributed by atoms with Gasteiger partial charge in [-0.25, -0.2) is 0 Å². The van der Waals surface area contributed by atoms with E-state index in [9.17, 15) is 4.79 Å². The van der Waals surface area contributed by atoms with Crippen LogP contribution < -0.4 is 4.90 Å². The number of carbonyl (C=O) groups is 1. The van der Waals surface area contributed by atoms with Gasteiger partial charge in [0.1, 0.15) is 0 Å². The van der Waals surface area contributed by atoms with Crippen molar-refractivity contribution in [3.05, 3.63) is 51.7 Å². The molecule has 2 heterocycles. The fourth-order valence-corrected chi connectivity index (χ4v) is 3.56. The lowest BCUT2D eigenvalue weighted by Gasteiger charge is -2.35. The minimum absolute atomic E-state index is 0.146. The summed E-state index contributed by atoms with van der Waals surface area (Å²) in [6.45, 7) is 4.14. The van der Waals surface area contributed by atoms with Gasteiger partial charge >= 0.3 is 0 Å². The third-order valence-corrected chi connectivity index (χ3v) is 4.80. The van der Waals surface area contributed by atoms with Crippen molar-refractivity contribution in [3.8, 4) is 0 Å². The van der Waals surface area contributed by atoms with Crippen molar-refractivity contribution < 1.29 is 4.79 Å². The first-order chi connectivity index (χ1) is 9.18. The number of fused-ring (bicyclic) bond motifs is 1. The second-order valence-corrected chi connectivity index (χ2v) is 6.04. The third-order valence-electron chi connectivity index (χ3n) is 3.80.